The van der Waals surface area contributed by atoms with Crippen LogP contribution in [0.15, 0.2) is 53.2 Å². The maximum atomic E-state index is 13.9. The molecular formula is C26H28F4N2O3S. The molecule has 1 aliphatic rings. The van der Waals surface area contributed by atoms with Crippen molar-refractivity contribution in [1.82, 2.24) is 4.90 Å². The van der Waals surface area contributed by atoms with Gasteiger partial charge < -0.3 is 9.64 Å². The fourth-order valence-corrected chi connectivity index (χ4v) is 4.82. The lowest BCUT2D eigenvalue weighted by Gasteiger charge is -2.29. The van der Waals surface area contributed by atoms with Crippen LogP contribution >= 0.6 is 0 Å². The third-order valence-electron chi connectivity index (χ3n) is 5.67. The Morgan fingerprint density at radius 2 is 1.83 bits per heavy atom. The number of alkyl halides is 3. The molecule has 0 fully saturated rings. The van der Waals surface area contributed by atoms with Crippen LogP contribution in [0.1, 0.15) is 44.4 Å². The fourth-order valence-electron chi connectivity index (χ4n) is 3.80. The van der Waals surface area contributed by atoms with Crippen LogP contribution in [0.3, 0.4) is 0 Å². The zero-order valence-corrected chi connectivity index (χ0v) is 21.3. The Morgan fingerprint density at radius 1 is 1.17 bits per heavy atom. The highest BCUT2D eigenvalue weighted by Gasteiger charge is 2.34. The van der Waals surface area contributed by atoms with E-state index in [0.717, 1.165) is 17.2 Å². The molecule has 0 aromatic heterocycles. The van der Waals surface area contributed by atoms with Gasteiger partial charge in [-0.05, 0) is 48.7 Å². The molecule has 1 amide bonds. The monoisotopic (exact) mass is 524 g/mol. The van der Waals surface area contributed by atoms with Crippen molar-refractivity contribution < 1.29 is 31.3 Å². The molecule has 0 N–H and O–H groups in total. The Kier molecular flexibility index (Phi) is 8.71. The van der Waals surface area contributed by atoms with Gasteiger partial charge in [-0.25, -0.2) is 9.38 Å². The number of hydrogen-bond donors (Lipinski definition) is 0. The largest absolute Gasteiger partial charge is 0.457 e. The number of amides is 1. The third-order valence-corrected chi connectivity index (χ3v) is 7.23. The summed E-state index contributed by atoms with van der Waals surface area (Å²) in [5.74, 6) is -0.993. The first-order chi connectivity index (χ1) is 16.9. The number of ether oxygens (including phenoxy) is 1. The maximum Gasteiger partial charge on any atom is 0.419 e. The number of fused-ring (bicyclic) bond motifs is 1. The number of carbonyl (C=O) groups excluding carboxylic acids is 1. The van der Waals surface area contributed by atoms with E-state index in [2.05, 4.69) is 4.99 Å². The molecule has 10 heteroatoms. The lowest BCUT2D eigenvalue weighted by Crippen LogP contribution is -2.37. The minimum atomic E-state index is -4.78. The molecule has 194 valence electrons. The highest BCUT2D eigenvalue weighted by molar-refractivity contribution is 8.00. The van der Waals surface area contributed by atoms with E-state index in [9.17, 15) is 26.6 Å². The van der Waals surface area contributed by atoms with Crippen LogP contribution < -0.4 is 4.74 Å². The van der Waals surface area contributed by atoms with Crippen molar-refractivity contribution in [3.8, 4) is 11.5 Å². The summed E-state index contributed by atoms with van der Waals surface area (Å²) in [5.41, 5.74) is 0.704. The maximum absolute atomic E-state index is 13.9. The molecule has 1 atom stereocenters. The third kappa shape index (κ3) is 6.40. The van der Waals surface area contributed by atoms with E-state index in [1.807, 2.05) is 13.8 Å². The van der Waals surface area contributed by atoms with Gasteiger partial charge in [-0.3, -0.25) is 9.00 Å². The van der Waals surface area contributed by atoms with E-state index in [-0.39, 0.29) is 23.3 Å². The highest BCUT2D eigenvalue weighted by atomic mass is 32.2. The molecule has 0 radical (unpaired) electrons. The molecule has 0 spiro atoms. The topological polar surface area (TPSA) is 59.0 Å². The number of halogens is 4. The second-order valence-corrected chi connectivity index (χ2v) is 10.2. The lowest BCUT2D eigenvalue weighted by atomic mass is 9.99. The first-order valence-electron chi connectivity index (χ1n) is 11.5. The van der Waals surface area contributed by atoms with E-state index in [1.165, 1.54) is 0 Å². The second-order valence-electron chi connectivity index (χ2n) is 8.56. The smallest absolute Gasteiger partial charge is 0.419 e. The molecule has 1 heterocycles. The molecule has 2 aromatic rings. The molecule has 2 aromatic carbocycles. The van der Waals surface area contributed by atoms with Crippen molar-refractivity contribution in [2.45, 2.75) is 46.8 Å². The Bertz CT molecular complexity index is 1220. The lowest BCUT2D eigenvalue weighted by molar-refractivity contribution is -0.140. The first-order valence-corrected chi connectivity index (χ1v) is 12.8. The van der Waals surface area contributed by atoms with Crippen molar-refractivity contribution in [3.05, 3.63) is 70.7 Å². The van der Waals surface area contributed by atoms with Gasteiger partial charge in [-0.15, -0.1) is 0 Å². The average Bonchev–Trinajstić information content (AvgIpc) is 2.82. The first kappa shape index (κ1) is 27.6. The number of carbonyl (C=O) groups is 1. The Labute approximate surface area is 210 Å². The molecule has 3 rings (SSSR count). The number of aliphatic imine (C=N–C) groups is 1. The minimum Gasteiger partial charge on any atom is -0.457 e. The summed E-state index contributed by atoms with van der Waals surface area (Å²) < 4.78 is 70.1. The Balaban J connectivity index is 1.75. The van der Waals surface area contributed by atoms with E-state index < -0.39 is 28.4 Å². The summed E-state index contributed by atoms with van der Waals surface area (Å²) in [6, 6.07) is 7.56. The van der Waals surface area contributed by atoms with Gasteiger partial charge in [0.15, 0.2) is 0 Å². The van der Waals surface area contributed by atoms with Crippen molar-refractivity contribution in [2.24, 2.45) is 10.9 Å². The summed E-state index contributed by atoms with van der Waals surface area (Å²) in [7, 11) is -1.26. The van der Waals surface area contributed by atoms with Gasteiger partial charge >= 0.3 is 6.18 Å². The SMILES string of the molecule is C/C=C(\N=C(C(C)C)S(=O)CC)C(=O)N1CCc2cc(Oc3ccc(C(F)(F)F)c(F)c3)ccc2C1. The summed E-state index contributed by atoms with van der Waals surface area (Å²) in [6.07, 6.45) is -2.63. The van der Waals surface area contributed by atoms with Crippen LogP contribution in [0.2, 0.25) is 0 Å². The molecule has 1 unspecified atom stereocenters. The van der Waals surface area contributed by atoms with Gasteiger partial charge in [0.25, 0.3) is 5.91 Å². The van der Waals surface area contributed by atoms with Gasteiger partial charge in [0.2, 0.25) is 0 Å². The standard InChI is InChI=1S/C26H28F4N2O3S/c1-5-23(31-24(16(3)4)36(34)6-2)25(33)32-12-11-17-13-19(8-7-18(17)15-32)35-20-9-10-21(22(27)14-20)26(28,29)30/h5,7-10,13-14,16H,6,11-12,15H2,1-4H3/b23-5-,31-24?. The number of hydrogen-bond acceptors (Lipinski definition) is 4. The Morgan fingerprint density at radius 3 is 2.42 bits per heavy atom. The van der Waals surface area contributed by atoms with Crippen LogP contribution in [-0.2, 0) is 34.7 Å². The number of allylic oxidation sites excluding steroid dienone is 1. The van der Waals surface area contributed by atoms with Crippen LogP contribution in [0.5, 0.6) is 11.5 Å². The fraction of sp³-hybridized carbons (Fsp3) is 0.385. The zero-order chi connectivity index (χ0) is 26.6. The van der Waals surface area contributed by atoms with Gasteiger partial charge in [0, 0.05) is 30.8 Å². The molecule has 0 saturated carbocycles. The average molecular weight is 525 g/mol. The number of rotatable bonds is 6. The van der Waals surface area contributed by atoms with Gasteiger partial charge in [-0.2, -0.15) is 13.2 Å². The van der Waals surface area contributed by atoms with Gasteiger partial charge in [-0.1, -0.05) is 32.9 Å². The second kappa shape index (κ2) is 11.4. The molecule has 0 saturated heterocycles. The van der Waals surface area contributed by atoms with Crippen molar-refractivity contribution in [2.75, 3.05) is 12.3 Å². The van der Waals surface area contributed by atoms with Crippen molar-refractivity contribution in [3.63, 3.8) is 0 Å². The minimum absolute atomic E-state index is 0.0472. The van der Waals surface area contributed by atoms with Gasteiger partial charge in [0.05, 0.1) is 16.4 Å². The molecule has 36 heavy (non-hydrogen) atoms. The molecule has 0 bridgehead atoms. The predicted octanol–water partition coefficient (Wildman–Crippen LogP) is 6.25. The van der Waals surface area contributed by atoms with Crippen molar-refractivity contribution in [1.29, 1.82) is 0 Å². The molecule has 1 aliphatic heterocycles. The zero-order valence-electron chi connectivity index (χ0n) is 20.5. The van der Waals surface area contributed by atoms with Crippen LogP contribution in [0, 0.1) is 11.7 Å². The van der Waals surface area contributed by atoms with Crippen LogP contribution in [0.25, 0.3) is 0 Å². The highest BCUT2D eigenvalue weighted by Crippen LogP contribution is 2.34. The number of nitrogens with zero attached hydrogens (tertiary/aromatic N) is 2. The van der Waals surface area contributed by atoms with E-state index >= 15 is 0 Å². The normalized spacial score (nSPS) is 15.6. The molecule has 5 nitrogen and oxygen atoms in total. The Hall–Kier alpha value is -3.01. The number of benzene rings is 2. The van der Waals surface area contributed by atoms with E-state index in [4.69, 9.17) is 4.74 Å². The van der Waals surface area contributed by atoms with Crippen LogP contribution in [-0.4, -0.2) is 32.4 Å². The molecular weight excluding hydrogens is 496 g/mol. The van der Waals surface area contributed by atoms with Crippen LogP contribution in [0.4, 0.5) is 17.6 Å². The summed E-state index contributed by atoms with van der Waals surface area (Å²) in [5, 5.41) is 0.484. The predicted molar refractivity (Wildman–Crippen MR) is 132 cm³/mol. The summed E-state index contributed by atoms with van der Waals surface area (Å²) in [6.45, 7) is 8.06. The summed E-state index contributed by atoms with van der Waals surface area (Å²) >= 11 is 0. The quantitative estimate of drug-likeness (QED) is 0.194. The van der Waals surface area contributed by atoms with Crippen molar-refractivity contribution >= 4 is 21.8 Å². The molecule has 0 aliphatic carbocycles. The summed E-state index contributed by atoms with van der Waals surface area (Å²) in [4.78, 5) is 19.3. The van der Waals surface area contributed by atoms with E-state index in [1.54, 1.807) is 43.0 Å². The van der Waals surface area contributed by atoms with E-state index in [0.29, 0.717) is 48.2 Å². The van der Waals surface area contributed by atoms with Gasteiger partial charge in [0.1, 0.15) is 28.1 Å².